The van der Waals surface area contributed by atoms with Gasteiger partial charge in [-0.05, 0) is 89.7 Å². The van der Waals surface area contributed by atoms with Crippen molar-refractivity contribution in [2.45, 2.75) is 65.1 Å². The smallest absolute Gasteiger partial charge is 0.253 e. The standard InChI is InChI=1S/C31H36N6OS/c1-5-22-14-15-27-24(19-22)20-26(30(38)32-27)28(29-33-34-35-37(29)31(3,4)6-2)36(21-25-13-10-18-39-25)17-16-23-11-8-7-9-12-23/h7-15,18-20,28H,5-6,16-17,21H2,1-4H3,(H,32,38). The highest BCUT2D eigenvalue weighted by atomic mass is 32.1. The van der Waals surface area contributed by atoms with E-state index in [1.54, 1.807) is 11.3 Å². The monoisotopic (exact) mass is 540 g/mol. The van der Waals surface area contributed by atoms with Gasteiger partial charge in [0.25, 0.3) is 5.56 Å². The molecule has 0 fully saturated rings. The molecular formula is C31H36N6OS. The van der Waals surface area contributed by atoms with Crippen LogP contribution in [0.3, 0.4) is 0 Å². The maximum Gasteiger partial charge on any atom is 0.253 e. The average Bonchev–Trinajstić information content (AvgIpc) is 3.65. The maximum atomic E-state index is 13.8. The fraction of sp³-hybridized carbons (Fsp3) is 0.355. The molecule has 0 aliphatic rings. The predicted molar refractivity (Wildman–Crippen MR) is 158 cm³/mol. The lowest BCUT2D eigenvalue weighted by atomic mass is 9.98. The van der Waals surface area contributed by atoms with Crippen molar-refractivity contribution >= 4 is 22.2 Å². The summed E-state index contributed by atoms with van der Waals surface area (Å²) in [4.78, 5) is 20.5. The van der Waals surface area contributed by atoms with Gasteiger partial charge in [0.1, 0.15) is 6.04 Å². The van der Waals surface area contributed by atoms with Crippen LogP contribution in [0.2, 0.25) is 0 Å². The first-order chi connectivity index (χ1) is 18.9. The highest BCUT2D eigenvalue weighted by Gasteiger charge is 2.34. The van der Waals surface area contributed by atoms with Crippen molar-refractivity contribution in [1.82, 2.24) is 30.1 Å². The molecule has 1 N–H and O–H groups in total. The van der Waals surface area contributed by atoms with Crippen molar-refractivity contribution in [1.29, 1.82) is 0 Å². The number of aryl methyl sites for hydroxylation is 1. The van der Waals surface area contributed by atoms with E-state index in [0.29, 0.717) is 17.9 Å². The summed E-state index contributed by atoms with van der Waals surface area (Å²) in [5.74, 6) is 0.683. The molecule has 202 valence electrons. The minimum absolute atomic E-state index is 0.114. The summed E-state index contributed by atoms with van der Waals surface area (Å²) in [6, 6.07) is 22.5. The Morgan fingerprint density at radius 2 is 1.85 bits per heavy atom. The van der Waals surface area contributed by atoms with Crippen molar-refractivity contribution in [3.8, 4) is 0 Å². The van der Waals surface area contributed by atoms with Gasteiger partial charge in [-0.1, -0.05) is 56.3 Å². The number of hydrogen-bond acceptors (Lipinski definition) is 6. The topological polar surface area (TPSA) is 79.7 Å². The van der Waals surface area contributed by atoms with Gasteiger partial charge >= 0.3 is 0 Å². The van der Waals surface area contributed by atoms with E-state index in [1.165, 1.54) is 16.0 Å². The van der Waals surface area contributed by atoms with Gasteiger partial charge in [0, 0.05) is 29.0 Å². The average molecular weight is 541 g/mol. The molecule has 0 radical (unpaired) electrons. The number of pyridine rings is 1. The number of thiophene rings is 1. The van der Waals surface area contributed by atoms with E-state index in [4.69, 9.17) is 0 Å². The Kier molecular flexibility index (Phi) is 8.04. The molecule has 0 spiro atoms. The van der Waals surface area contributed by atoms with Crippen molar-refractivity contribution in [2.24, 2.45) is 0 Å². The fourth-order valence-corrected chi connectivity index (χ4v) is 5.69. The summed E-state index contributed by atoms with van der Waals surface area (Å²) >= 11 is 1.72. The van der Waals surface area contributed by atoms with Crippen LogP contribution in [0.15, 0.2) is 76.9 Å². The van der Waals surface area contributed by atoms with E-state index in [0.717, 1.165) is 36.7 Å². The maximum absolute atomic E-state index is 13.8. The van der Waals surface area contributed by atoms with Crippen molar-refractivity contribution < 1.29 is 0 Å². The summed E-state index contributed by atoms with van der Waals surface area (Å²) < 4.78 is 1.91. The number of benzene rings is 2. The zero-order valence-electron chi connectivity index (χ0n) is 23.1. The molecule has 1 atom stereocenters. The number of aromatic amines is 1. The van der Waals surface area contributed by atoms with E-state index in [9.17, 15) is 4.79 Å². The van der Waals surface area contributed by atoms with Crippen LogP contribution in [-0.4, -0.2) is 36.6 Å². The van der Waals surface area contributed by atoms with Gasteiger partial charge in [-0.2, -0.15) is 0 Å². The van der Waals surface area contributed by atoms with Crippen LogP contribution in [0.25, 0.3) is 10.9 Å². The molecule has 2 aromatic carbocycles. The summed E-state index contributed by atoms with van der Waals surface area (Å²) in [6.07, 6.45) is 2.62. The highest BCUT2D eigenvalue weighted by Crippen LogP contribution is 2.32. The van der Waals surface area contributed by atoms with Crippen LogP contribution in [0.4, 0.5) is 0 Å². The second-order valence-corrected chi connectivity index (χ2v) is 11.7. The Bertz CT molecular complexity index is 1570. The molecule has 1 unspecified atom stereocenters. The number of hydrogen-bond donors (Lipinski definition) is 1. The summed E-state index contributed by atoms with van der Waals surface area (Å²) in [7, 11) is 0. The van der Waals surface area contributed by atoms with Crippen molar-refractivity contribution in [3.63, 3.8) is 0 Å². The third kappa shape index (κ3) is 5.87. The van der Waals surface area contributed by atoms with E-state index in [-0.39, 0.29) is 11.1 Å². The van der Waals surface area contributed by atoms with Crippen LogP contribution in [0.1, 0.15) is 67.5 Å². The van der Waals surface area contributed by atoms with Crippen LogP contribution in [0.5, 0.6) is 0 Å². The summed E-state index contributed by atoms with van der Waals surface area (Å²) in [5.41, 5.74) is 3.54. The first kappa shape index (κ1) is 27.0. The zero-order valence-corrected chi connectivity index (χ0v) is 23.9. The Morgan fingerprint density at radius 3 is 2.56 bits per heavy atom. The molecule has 39 heavy (non-hydrogen) atoms. The number of aromatic nitrogens is 5. The molecule has 0 bridgehead atoms. The van der Waals surface area contributed by atoms with Crippen LogP contribution >= 0.6 is 11.3 Å². The second-order valence-electron chi connectivity index (χ2n) is 10.6. The van der Waals surface area contributed by atoms with Crippen molar-refractivity contribution in [3.05, 3.63) is 110 Å². The lowest BCUT2D eigenvalue weighted by Crippen LogP contribution is -2.39. The molecule has 0 saturated heterocycles. The predicted octanol–water partition coefficient (Wildman–Crippen LogP) is 6.12. The normalized spacial score (nSPS) is 12.8. The molecule has 8 heteroatoms. The van der Waals surface area contributed by atoms with Gasteiger partial charge in [0.05, 0.1) is 5.54 Å². The second kappa shape index (κ2) is 11.6. The molecule has 0 amide bonds. The number of rotatable bonds is 11. The molecular weight excluding hydrogens is 504 g/mol. The Balaban J connectivity index is 1.69. The van der Waals surface area contributed by atoms with E-state index in [1.807, 2.05) is 22.9 Å². The summed E-state index contributed by atoms with van der Waals surface area (Å²) in [6.45, 7) is 9.96. The number of fused-ring (bicyclic) bond motifs is 1. The van der Waals surface area contributed by atoms with E-state index >= 15 is 0 Å². The van der Waals surface area contributed by atoms with Crippen LogP contribution in [0, 0.1) is 0 Å². The molecule has 3 heterocycles. The minimum atomic E-state index is -0.435. The molecule has 0 saturated carbocycles. The van der Waals surface area contributed by atoms with Gasteiger partial charge in [-0.15, -0.1) is 16.4 Å². The Hall–Kier alpha value is -3.62. The Morgan fingerprint density at radius 1 is 1.03 bits per heavy atom. The minimum Gasteiger partial charge on any atom is -0.322 e. The molecule has 0 aliphatic heterocycles. The van der Waals surface area contributed by atoms with Gasteiger partial charge in [0.2, 0.25) is 0 Å². The first-order valence-corrected chi connectivity index (χ1v) is 14.5. The van der Waals surface area contributed by atoms with Gasteiger partial charge < -0.3 is 4.98 Å². The lowest BCUT2D eigenvalue weighted by Gasteiger charge is -2.33. The van der Waals surface area contributed by atoms with E-state index < -0.39 is 6.04 Å². The van der Waals surface area contributed by atoms with Crippen molar-refractivity contribution in [2.75, 3.05) is 6.54 Å². The highest BCUT2D eigenvalue weighted by molar-refractivity contribution is 7.09. The summed E-state index contributed by atoms with van der Waals surface area (Å²) in [5, 5.41) is 16.3. The van der Waals surface area contributed by atoms with Gasteiger partial charge in [-0.25, -0.2) is 4.68 Å². The molecule has 5 aromatic rings. The molecule has 7 nitrogen and oxygen atoms in total. The molecule has 3 aromatic heterocycles. The Labute approximate surface area is 233 Å². The molecule has 5 rings (SSSR count). The molecule has 0 aliphatic carbocycles. The number of tetrazole rings is 1. The third-order valence-corrected chi connectivity index (χ3v) is 8.51. The van der Waals surface area contributed by atoms with Crippen LogP contribution < -0.4 is 5.56 Å². The first-order valence-electron chi connectivity index (χ1n) is 13.6. The fourth-order valence-electron chi connectivity index (χ4n) is 4.96. The SMILES string of the molecule is CCc1ccc2[nH]c(=O)c(C(c3nnnn3C(C)(C)CC)N(CCc3ccccc3)Cc3cccs3)cc2c1. The van der Waals surface area contributed by atoms with Gasteiger partial charge in [0.15, 0.2) is 5.82 Å². The van der Waals surface area contributed by atoms with Gasteiger partial charge in [-0.3, -0.25) is 9.69 Å². The quantitative estimate of drug-likeness (QED) is 0.218. The van der Waals surface area contributed by atoms with E-state index in [2.05, 4.69) is 107 Å². The number of nitrogens with one attached hydrogen (secondary N) is 1. The lowest BCUT2D eigenvalue weighted by molar-refractivity contribution is 0.191. The van der Waals surface area contributed by atoms with Crippen LogP contribution in [-0.2, 0) is 24.9 Å². The third-order valence-electron chi connectivity index (χ3n) is 7.65. The zero-order chi connectivity index (χ0) is 27.4. The number of H-pyrrole nitrogens is 1. The largest absolute Gasteiger partial charge is 0.322 e. The number of nitrogens with zero attached hydrogens (tertiary/aromatic N) is 5.